The largest absolute Gasteiger partial charge is 0.352 e. The van der Waals surface area contributed by atoms with Gasteiger partial charge in [-0.1, -0.05) is 42.0 Å². The van der Waals surface area contributed by atoms with Crippen molar-refractivity contribution in [2.24, 2.45) is 0 Å². The molecule has 0 radical (unpaired) electrons. The second-order valence-corrected chi connectivity index (χ2v) is 7.42. The third-order valence-electron chi connectivity index (χ3n) is 4.10. The van der Waals surface area contributed by atoms with Crippen molar-refractivity contribution in [2.75, 3.05) is 12.3 Å². The van der Waals surface area contributed by atoms with Crippen LogP contribution in [-0.2, 0) is 0 Å². The van der Waals surface area contributed by atoms with Crippen LogP contribution >= 0.6 is 11.8 Å². The monoisotopic (exact) mass is 378 g/mol. The predicted molar refractivity (Wildman–Crippen MR) is 111 cm³/mol. The SMILES string of the molecule is Cc1cccc(-c2ccc(C(=O)NCCCSc3ccccc3)c(=O)[nH]2)c1. The van der Waals surface area contributed by atoms with Gasteiger partial charge >= 0.3 is 0 Å². The molecule has 27 heavy (non-hydrogen) atoms. The highest BCUT2D eigenvalue weighted by atomic mass is 32.2. The van der Waals surface area contributed by atoms with Crippen LogP contribution < -0.4 is 10.9 Å². The molecule has 1 aromatic heterocycles. The van der Waals surface area contributed by atoms with Crippen molar-refractivity contribution in [1.82, 2.24) is 10.3 Å². The molecule has 4 nitrogen and oxygen atoms in total. The van der Waals surface area contributed by atoms with Gasteiger partial charge in [0.05, 0.1) is 0 Å². The number of thioether (sulfide) groups is 1. The fourth-order valence-electron chi connectivity index (χ4n) is 2.71. The number of rotatable bonds is 7. The molecule has 0 aliphatic heterocycles. The van der Waals surface area contributed by atoms with Gasteiger partial charge in [0.25, 0.3) is 11.5 Å². The lowest BCUT2D eigenvalue weighted by Gasteiger charge is -2.07. The summed E-state index contributed by atoms with van der Waals surface area (Å²) in [6, 6.07) is 21.4. The number of nitrogens with one attached hydrogen (secondary N) is 2. The maximum absolute atomic E-state index is 12.3. The number of hydrogen-bond donors (Lipinski definition) is 2. The number of amides is 1. The van der Waals surface area contributed by atoms with Crippen molar-refractivity contribution in [3.63, 3.8) is 0 Å². The predicted octanol–water partition coefficient (Wildman–Crippen LogP) is 4.26. The zero-order chi connectivity index (χ0) is 19.1. The molecule has 3 rings (SSSR count). The highest BCUT2D eigenvalue weighted by Gasteiger charge is 2.11. The maximum Gasteiger partial charge on any atom is 0.261 e. The number of aromatic nitrogens is 1. The number of carbonyl (C=O) groups excluding carboxylic acids is 1. The number of pyridine rings is 1. The molecule has 3 aromatic rings. The lowest BCUT2D eigenvalue weighted by Crippen LogP contribution is -2.30. The third-order valence-corrected chi connectivity index (χ3v) is 5.20. The molecule has 5 heteroatoms. The van der Waals surface area contributed by atoms with Gasteiger partial charge in [-0.05, 0) is 55.0 Å². The minimum Gasteiger partial charge on any atom is -0.352 e. The van der Waals surface area contributed by atoms with E-state index in [4.69, 9.17) is 0 Å². The van der Waals surface area contributed by atoms with E-state index in [0.717, 1.165) is 23.3 Å². The molecule has 2 N–H and O–H groups in total. The van der Waals surface area contributed by atoms with E-state index in [2.05, 4.69) is 22.4 Å². The topological polar surface area (TPSA) is 62.0 Å². The van der Waals surface area contributed by atoms with E-state index in [1.807, 2.05) is 49.4 Å². The molecule has 0 atom stereocenters. The van der Waals surface area contributed by atoms with Crippen LogP contribution in [0.2, 0.25) is 0 Å². The number of benzene rings is 2. The zero-order valence-electron chi connectivity index (χ0n) is 15.2. The fraction of sp³-hybridized carbons (Fsp3) is 0.182. The highest BCUT2D eigenvalue weighted by Crippen LogP contribution is 2.18. The van der Waals surface area contributed by atoms with Crippen LogP contribution in [0, 0.1) is 6.92 Å². The van der Waals surface area contributed by atoms with Crippen LogP contribution in [0.3, 0.4) is 0 Å². The van der Waals surface area contributed by atoms with Crippen molar-refractivity contribution >= 4 is 17.7 Å². The summed E-state index contributed by atoms with van der Waals surface area (Å²) in [6.45, 7) is 2.54. The Bertz CT molecular complexity index is 967. The minimum absolute atomic E-state index is 0.141. The number of H-pyrrole nitrogens is 1. The molecule has 0 saturated carbocycles. The Kier molecular flexibility index (Phi) is 6.49. The van der Waals surface area contributed by atoms with Crippen molar-refractivity contribution in [3.8, 4) is 11.3 Å². The molecule has 2 aromatic carbocycles. The van der Waals surface area contributed by atoms with Crippen LogP contribution in [0.25, 0.3) is 11.3 Å². The molecule has 0 bridgehead atoms. The second-order valence-electron chi connectivity index (χ2n) is 6.26. The maximum atomic E-state index is 12.3. The van der Waals surface area contributed by atoms with Crippen LogP contribution in [0.4, 0.5) is 0 Å². The molecule has 0 spiro atoms. The summed E-state index contributed by atoms with van der Waals surface area (Å²) in [5.74, 6) is 0.573. The van der Waals surface area contributed by atoms with Gasteiger partial charge in [-0.2, -0.15) is 0 Å². The number of aryl methyl sites for hydroxylation is 1. The molecule has 1 amide bonds. The third kappa shape index (κ3) is 5.34. The van der Waals surface area contributed by atoms with Gasteiger partial charge in [0, 0.05) is 17.1 Å². The van der Waals surface area contributed by atoms with E-state index in [9.17, 15) is 9.59 Å². The molecular formula is C22H22N2O2S. The lowest BCUT2D eigenvalue weighted by molar-refractivity contribution is 0.0952. The molecule has 1 heterocycles. The normalized spacial score (nSPS) is 10.6. The zero-order valence-corrected chi connectivity index (χ0v) is 16.0. The molecule has 138 valence electrons. The van der Waals surface area contributed by atoms with Crippen LogP contribution in [0.1, 0.15) is 22.3 Å². The van der Waals surface area contributed by atoms with E-state index in [1.54, 1.807) is 23.9 Å². The van der Waals surface area contributed by atoms with E-state index < -0.39 is 0 Å². The lowest BCUT2D eigenvalue weighted by atomic mass is 10.1. The molecule has 0 aliphatic rings. The fourth-order valence-corrected chi connectivity index (χ4v) is 3.58. The summed E-state index contributed by atoms with van der Waals surface area (Å²) in [5, 5.41) is 2.82. The van der Waals surface area contributed by atoms with E-state index in [1.165, 1.54) is 4.90 Å². The summed E-state index contributed by atoms with van der Waals surface area (Å²) in [5.41, 5.74) is 2.52. The Balaban J connectivity index is 1.53. The second kappa shape index (κ2) is 9.24. The number of aromatic amines is 1. The standard InChI is InChI=1S/C22H22N2O2S/c1-16-7-5-8-17(15-16)20-12-11-19(22(26)24-20)21(25)23-13-6-14-27-18-9-3-2-4-10-18/h2-5,7-12,15H,6,13-14H2,1H3,(H,23,25)(H,24,26). The summed E-state index contributed by atoms with van der Waals surface area (Å²) < 4.78 is 0. The molecule has 0 aliphatic carbocycles. The van der Waals surface area contributed by atoms with Gasteiger partial charge in [-0.25, -0.2) is 0 Å². The first-order valence-electron chi connectivity index (χ1n) is 8.90. The Morgan fingerprint density at radius 1 is 1.04 bits per heavy atom. The summed E-state index contributed by atoms with van der Waals surface area (Å²) >= 11 is 1.75. The Labute approximate surface area is 163 Å². The van der Waals surface area contributed by atoms with E-state index in [-0.39, 0.29) is 17.0 Å². The van der Waals surface area contributed by atoms with Crippen LogP contribution in [0.5, 0.6) is 0 Å². The summed E-state index contributed by atoms with van der Waals surface area (Å²) in [4.78, 5) is 28.6. The number of carbonyl (C=O) groups is 1. The van der Waals surface area contributed by atoms with Crippen molar-refractivity contribution in [3.05, 3.63) is 88.2 Å². The van der Waals surface area contributed by atoms with E-state index >= 15 is 0 Å². The van der Waals surface area contributed by atoms with Gasteiger partial charge in [0.2, 0.25) is 0 Å². The Morgan fingerprint density at radius 2 is 1.85 bits per heavy atom. The first-order chi connectivity index (χ1) is 13.1. The van der Waals surface area contributed by atoms with Crippen LogP contribution in [-0.4, -0.2) is 23.2 Å². The van der Waals surface area contributed by atoms with Crippen molar-refractivity contribution in [2.45, 2.75) is 18.2 Å². The van der Waals surface area contributed by atoms with Gasteiger partial charge in [0.1, 0.15) is 5.56 Å². The smallest absolute Gasteiger partial charge is 0.261 e. The quantitative estimate of drug-likeness (QED) is 0.477. The minimum atomic E-state index is -0.370. The summed E-state index contributed by atoms with van der Waals surface area (Å²) in [6.07, 6.45) is 0.838. The molecular weight excluding hydrogens is 356 g/mol. The van der Waals surface area contributed by atoms with Gasteiger partial charge < -0.3 is 10.3 Å². The Morgan fingerprint density at radius 3 is 2.59 bits per heavy atom. The molecule has 0 fully saturated rings. The van der Waals surface area contributed by atoms with Crippen LogP contribution in [0.15, 0.2) is 76.4 Å². The van der Waals surface area contributed by atoms with E-state index in [0.29, 0.717) is 12.2 Å². The average Bonchev–Trinajstić information content (AvgIpc) is 2.68. The van der Waals surface area contributed by atoms with Crippen molar-refractivity contribution < 1.29 is 4.79 Å². The highest BCUT2D eigenvalue weighted by molar-refractivity contribution is 7.99. The van der Waals surface area contributed by atoms with Gasteiger partial charge in [0.15, 0.2) is 0 Å². The summed E-state index contributed by atoms with van der Waals surface area (Å²) in [7, 11) is 0. The first kappa shape index (κ1) is 19.0. The van der Waals surface area contributed by atoms with Gasteiger partial charge in [-0.15, -0.1) is 11.8 Å². The van der Waals surface area contributed by atoms with Gasteiger partial charge in [-0.3, -0.25) is 9.59 Å². The number of hydrogen-bond acceptors (Lipinski definition) is 3. The molecule has 0 saturated heterocycles. The Hall–Kier alpha value is -2.79. The average molecular weight is 378 g/mol. The van der Waals surface area contributed by atoms with Crippen molar-refractivity contribution in [1.29, 1.82) is 0 Å². The molecule has 0 unspecified atom stereocenters. The first-order valence-corrected chi connectivity index (χ1v) is 9.88.